The van der Waals surface area contributed by atoms with Gasteiger partial charge in [0, 0.05) is 6.07 Å². The lowest BCUT2D eigenvalue weighted by atomic mass is 10.3. The molecular formula is C12H22O8. The zero-order valence-corrected chi connectivity index (χ0v) is 10.9. The lowest BCUT2D eigenvalue weighted by Crippen LogP contribution is -2.15. The van der Waals surface area contributed by atoms with Crippen LogP contribution in [0, 0.1) is 0 Å². The van der Waals surface area contributed by atoms with Crippen molar-refractivity contribution in [1.82, 2.24) is 0 Å². The summed E-state index contributed by atoms with van der Waals surface area (Å²) in [7, 11) is 0. The van der Waals surface area contributed by atoms with Crippen LogP contribution < -0.4 is 0 Å². The quantitative estimate of drug-likeness (QED) is 0.309. The number of phenols is 2. The van der Waals surface area contributed by atoms with Gasteiger partial charge in [-0.1, -0.05) is 6.07 Å². The molecule has 20 heavy (non-hydrogen) atoms. The third-order valence-electron chi connectivity index (χ3n) is 1.67. The summed E-state index contributed by atoms with van der Waals surface area (Å²) in [6.45, 7) is -1.46. The fourth-order valence-electron chi connectivity index (χ4n) is 0.609. The first kappa shape index (κ1) is 20.9. The van der Waals surface area contributed by atoms with Gasteiger partial charge in [-0.2, -0.15) is 0 Å². The summed E-state index contributed by atoms with van der Waals surface area (Å²) in [5, 5.41) is 65.3. The Morgan fingerprint density at radius 1 is 0.700 bits per heavy atom. The molecule has 118 valence electrons. The largest absolute Gasteiger partial charge is 0.508 e. The molecule has 0 unspecified atom stereocenters. The van der Waals surface area contributed by atoms with Crippen LogP contribution in [-0.4, -0.2) is 79.5 Å². The van der Waals surface area contributed by atoms with Crippen LogP contribution in [-0.2, 0) is 0 Å². The Morgan fingerprint density at radius 3 is 1.10 bits per heavy atom. The minimum Gasteiger partial charge on any atom is -0.508 e. The van der Waals surface area contributed by atoms with E-state index < -0.39 is 12.2 Å². The van der Waals surface area contributed by atoms with E-state index >= 15 is 0 Å². The summed E-state index contributed by atoms with van der Waals surface area (Å²) in [6, 6.07) is 5.85. The Balaban J connectivity index is 0. The molecule has 0 aromatic heterocycles. The van der Waals surface area contributed by atoms with E-state index in [4.69, 9.17) is 40.9 Å². The second-order valence-electron chi connectivity index (χ2n) is 3.56. The van der Waals surface area contributed by atoms with Crippen LogP contribution in [0.5, 0.6) is 11.5 Å². The predicted molar refractivity (Wildman–Crippen MR) is 70.1 cm³/mol. The van der Waals surface area contributed by atoms with Gasteiger partial charge in [-0.25, -0.2) is 0 Å². The summed E-state index contributed by atoms with van der Waals surface area (Å²) in [4.78, 5) is 0. The molecular weight excluding hydrogens is 272 g/mol. The van der Waals surface area contributed by atoms with Gasteiger partial charge in [0.25, 0.3) is 0 Å². The maximum atomic E-state index is 8.65. The first-order valence-electron chi connectivity index (χ1n) is 5.68. The molecule has 8 nitrogen and oxygen atoms in total. The smallest absolute Gasteiger partial charge is 0.119 e. The molecule has 0 atom stereocenters. The second-order valence-corrected chi connectivity index (χ2v) is 3.56. The van der Waals surface area contributed by atoms with Crippen LogP contribution in [0.3, 0.4) is 0 Å². The highest BCUT2D eigenvalue weighted by atomic mass is 16.3. The van der Waals surface area contributed by atoms with Crippen molar-refractivity contribution in [2.24, 2.45) is 0 Å². The third-order valence-corrected chi connectivity index (χ3v) is 1.67. The summed E-state index contributed by atoms with van der Waals surface area (Å²) >= 11 is 0. The molecule has 0 aliphatic rings. The van der Waals surface area contributed by atoms with Gasteiger partial charge in [0.1, 0.15) is 23.7 Å². The number of hydrogen-bond acceptors (Lipinski definition) is 8. The number of hydrogen-bond donors (Lipinski definition) is 8. The molecule has 1 aromatic carbocycles. The first-order valence-corrected chi connectivity index (χ1v) is 5.68. The predicted octanol–water partition coefficient (Wildman–Crippen LogP) is -2.24. The number of benzene rings is 1. The topological polar surface area (TPSA) is 162 Å². The van der Waals surface area contributed by atoms with Gasteiger partial charge in [0.15, 0.2) is 0 Å². The Bertz CT molecular complexity index is 285. The molecule has 0 radical (unpaired) electrons. The molecule has 0 heterocycles. The van der Waals surface area contributed by atoms with Crippen molar-refractivity contribution in [3.05, 3.63) is 24.3 Å². The van der Waals surface area contributed by atoms with Gasteiger partial charge in [-0.3, -0.25) is 0 Å². The van der Waals surface area contributed by atoms with Crippen molar-refractivity contribution >= 4 is 0 Å². The van der Waals surface area contributed by atoms with E-state index in [0.29, 0.717) is 0 Å². The Kier molecular flexibility index (Phi) is 14.6. The molecule has 1 rings (SSSR count). The average Bonchev–Trinajstić information content (AvgIpc) is 2.46. The molecule has 1 aromatic rings. The number of aliphatic hydroxyl groups excluding tert-OH is 6. The maximum Gasteiger partial charge on any atom is 0.119 e. The Hall–Kier alpha value is -1.42. The first-order chi connectivity index (χ1) is 9.40. The molecule has 0 bridgehead atoms. The molecule has 0 saturated carbocycles. The van der Waals surface area contributed by atoms with E-state index in [9.17, 15) is 0 Å². The lowest BCUT2D eigenvalue weighted by molar-refractivity contribution is 0.0450. The Labute approximate surface area is 116 Å². The fourth-order valence-corrected chi connectivity index (χ4v) is 0.609. The zero-order chi connectivity index (χ0) is 16.0. The van der Waals surface area contributed by atoms with Crippen LogP contribution in [0.15, 0.2) is 24.3 Å². The van der Waals surface area contributed by atoms with Crippen LogP contribution in [0.4, 0.5) is 0 Å². The van der Waals surface area contributed by atoms with Crippen molar-refractivity contribution < 1.29 is 40.9 Å². The number of phenolic OH excluding ortho intramolecular Hbond substituents is 2. The highest BCUT2D eigenvalue weighted by Gasteiger charge is 1.94. The van der Waals surface area contributed by atoms with Crippen LogP contribution in [0.2, 0.25) is 0 Å². The van der Waals surface area contributed by atoms with Gasteiger partial charge in [-0.05, 0) is 12.1 Å². The van der Waals surface area contributed by atoms with Gasteiger partial charge >= 0.3 is 0 Å². The zero-order valence-electron chi connectivity index (χ0n) is 10.9. The summed E-state index contributed by atoms with van der Waals surface area (Å²) < 4.78 is 0. The standard InChI is InChI=1S/C6H6O2.2C3H8O3/c7-5-2-1-3-6(8)4-5;2*4-1-3(6)2-5/h1-4,7-8H;2*3-6H,1-2H2. The summed E-state index contributed by atoms with van der Waals surface area (Å²) in [5.74, 6) is 0.176. The van der Waals surface area contributed by atoms with Crippen LogP contribution in [0.25, 0.3) is 0 Å². The minimum atomic E-state index is -0.954. The van der Waals surface area contributed by atoms with E-state index in [1.165, 1.54) is 18.2 Å². The summed E-state index contributed by atoms with van der Waals surface area (Å²) in [6.07, 6.45) is -1.91. The third kappa shape index (κ3) is 14.6. The van der Waals surface area contributed by atoms with Gasteiger partial charge in [0.05, 0.1) is 26.4 Å². The molecule has 8 N–H and O–H groups in total. The number of aromatic hydroxyl groups is 2. The highest BCUT2D eigenvalue weighted by Crippen LogP contribution is 2.14. The second kappa shape index (κ2) is 14.0. The monoisotopic (exact) mass is 294 g/mol. The Morgan fingerprint density at radius 2 is 1.00 bits per heavy atom. The van der Waals surface area contributed by atoms with E-state index in [-0.39, 0.29) is 37.9 Å². The van der Waals surface area contributed by atoms with E-state index in [0.717, 1.165) is 0 Å². The fraction of sp³-hybridized carbons (Fsp3) is 0.500. The van der Waals surface area contributed by atoms with Gasteiger partial charge in [0.2, 0.25) is 0 Å². The molecule has 8 heteroatoms. The number of aliphatic hydroxyl groups is 6. The van der Waals surface area contributed by atoms with E-state index in [1.807, 2.05) is 0 Å². The lowest BCUT2D eigenvalue weighted by Gasteiger charge is -1.96. The van der Waals surface area contributed by atoms with Crippen molar-refractivity contribution in [3.8, 4) is 11.5 Å². The van der Waals surface area contributed by atoms with Crippen LogP contribution in [0.1, 0.15) is 0 Å². The van der Waals surface area contributed by atoms with Crippen molar-refractivity contribution in [2.45, 2.75) is 12.2 Å². The number of rotatable bonds is 4. The average molecular weight is 294 g/mol. The molecule has 0 aliphatic heterocycles. The normalized spacial score (nSPS) is 9.60. The van der Waals surface area contributed by atoms with Crippen molar-refractivity contribution in [1.29, 1.82) is 0 Å². The maximum absolute atomic E-state index is 8.65. The highest BCUT2D eigenvalue weighted by molar-refractivity contribution is 5.30. The SMILES string of the molecule is OCC(O)CO.OCC(O)CO.Oc1cccc(O)c1. The van der Waals surface area contributed by atoms with Crippen molar-refractivity contribution in [3.63, 3.8) is 0 Å². The molecule has 0 amide bonds. The molecule has 0 aliphatic carbocycles. The van der Waals surface area contributed by atoms with Crippen LogP contribution >= 0.6 is 0 Å². The van der Waals surface area contributed by atoms with E-state index in [1.54, 1.807) is 6.07 Å². The van der Waals surface area contributed by atoms with E-state index in [2.05, 4.69) is 0 Å². The molecule has 0 fully saturated rings. The van der Waals surface area contributed by atoms with Gasteiger partial charge in [-0.15, -0.1) is 0 Å². The minimum absolute atomic E-state index is 0.0880. The van der Waals surface area contributed by atoms with Crippen molar-refractivity contribution in [2.75, 3.05) is 26.4 Å². The molecule has 0 saturated heterocycles. The summed E-state index contributed by atoms with van der Waals surface area (Å²) in [5.41, 5.74) is 0. The van der Waals surface area contributed by atoms with Gasteiger partial charge < -0.3 is 40.9 Å². The molecule has 0 spiro atoms.